The van der Waals surface area contributed by atoms with E-state index in [1.807, 2.05) is 6.07 Å². The molecule has 29 heavy (non-hydrogen) atoms. The number of amides is 2. The highest BCUT2D eigenvalue weighted by Crippen LogP contribution is 2.31. The van der Waals surface area contributed by atoms with Gasteiger partial charge in [0.25, 0.3) is 11.8 Å². The van der Waals surface area contributed by atoms with E-state index in [1.165, 1.54) is 4.90 Å². The second-order valence-corrected chi connectivity index (χ2v) is 7.14. The summed E-state index contributed by atoms with van der Waals surface area (Å²) in [6.45, 7) is 1.16. The van der Waals surface area contributed by atoms with Crippen LogP contribution in [-0.2, 0) is 4.79 Å². The lowest BCUT2D eigenvalue weighted by molar-refractivity contribution is -0.142. The fraction of sp³-hybridized carbons (Fsp3) is 0.300. The molecule has 2 aliphatic heterocycles. The number of nitrogens with zero attached hydrogens (tertiary/aromatic N) is 2. The molecule has 0 aliphatic carbocycles. The standard InChI is InChI=1S/C20H17ClF2N2O4/c21-13-10-15(23)14(22)9-12(13)19(26)24-5-7-25(8-6-24)20(27)18-11-28-16-3-1-2-4-17(16)29-18/h1-4,9-10,18H,5-8,11H2/t18-/m0/s1. The number of fused-ring (bicyclic) bond motifs is 1. The number of benzene rings is 2. The molecule has 0 saturated carbocycles. The second kappa shape index (κ2) is 7.87. The second-order valence-electron chi connectivity index (χ2n) is 6.73. The molecular weight excluding hydrogens is 406 g/mol. The highest BCUT2D eigenvalue weighted by molar-refractivity contribution is 6.33. The van der Waals surface area contributed by atoms with Crippen molar-refractivity contribution in [3.8, 4) is 11.5 Å². The molecule has 2 aromatic rings. The van der Waals surface area contributed by atoms with Gasteiger partial charge in [0.15, 0.2) is 23.1 Å². The molecule has 0 bridgehead atoms. The Balaban J connectivity index is 1.38. The summed E-state index contributed by atoms with van der Waals surface area (Å²) < 4.78 is 38.0. The molecule has 1 atom stereocenters. The van der Waals surface area contributed by atoms with Crippen LogP contribution in [0.2, 0.25) is 5.02 Å². The van der Waals surface area contributed by atoms with E-state index in [1.54, 1.807) is 23.1 Å². The molecule has 4 rings (SSSR count). The van der Waals surface area contributed by atoms with Crippen LogP contribution < -0.4 is 9.47 Å². The van der Waals surface area contributed by atoms with E-state index < -0.39 is 23.6 Å². The van der Waals surface area contributed by atoms with Gasteiger partial charge < -0.3 is 19.3 Å². The molecule has 2 amide bonds. The smallest absolute Gasteiger partial charge is 0.267 e. The molecule has 2 heterocycles. The number of ether oxygens (including phenoxy) is 2. The Morgan fingerprint density at radius 2 is 1.59 bits per heavy atom. The monoisotopic (exact) mass is 422 g/mol. The van der Waals surface area contributed by atoms with Gasteiger partial charge in [0, 0.05) is 26.2 Å². The number of carbonyl (C=O) groups excluding carboxylic acids is 2. The fourth-order valence-electron chi connectivity index (χ4n) is 3.33. The summed E-state index contributed by atoms with van der Waals surface area (Å²) in [5, 5.41) is -0.154. The van der Waals surface area contributed by atoms with Crippen LogP contribution in [0.4, 0.5) is 8.78 Å². The zero-order chi connectivity index (χ0) is 20.5. The largest absolute Gasteiger partial charge is 0.485 e. The minimum absolute atomic E-state index is 0.106. The summed E-state index contributed by atoms with van der Waals surface area (Å²) in [4.78, 5) is 28.4. The highest BCUT2D eigenvalue weighted by Gasteiger charge is 2.34. The topological polar surface area (TPSA) is 59.1 Å². The highest BCUT2D eigenvalue weighted by atomic mass is 35.5. The SMILES string of the molecule is O=C(c1cc(F)c(F)cc1Cl)N1CCN(C(=O)[C@@H]2COc3ccccc3O2)CC1. The summed E-state index contributed by atoms with van der Waals surface area (Å²) in [6, 6.07) is 8.69. The van der Waals surface area contributed by atoms with Crippen molar-refractivity contribution in [1.82, 2.24) is 9.80 Å². The first-order valence-electron chi connectivity index (χ1n) is 9.05. The Morgan fingerprint density at radius 3 is 2.31 bits per heavy atom. The Kier molecular flexibility index (Phi) is 5.27. The van der Waals surface area contributed by atoms with E-state index in [0.29, 0.717) is 11.5 Å². The van der Waals surface area contributed by atoms with Crippen molar-refractivity contribution in [3.05, 3.63) is 58.6 Å². The molecule has 152 valence electrons. The van der Waals surface area contributed by atoms with Crippen molar-refractivity contribution in [3.63, 3.8) is 0 Å². The molecule has 2 aromatic carbocycles. The van der Waals surface area contributed by atoms with Gasteiger partial charge in [0.05, 0.1) is 10.6 Å². The van der Waals surface area contributed by atoms with Crippen molar-refractivity contribution in [2.24, 2.45) is 0 Å². The van der Waals surface area contributed by atoms with Crippen molar-refractivity contribution in [2.45, 2.75) is 6.10 Å². The van der Waals surface area contributed by atoms with Gasteiger partial charge in [0.1, 0.15) is 6.61 Å². The molecule has 9 heteroatoms. The summed E-state index contributed by atoms with van der Waals surface area (Å²) in [5.41, 5.74) is -0.106. The third-order valence-electron chi connectivity index (χ3n) is 4.90. The van der Waals surface area contributed by atoms with Gasteiger partial charge in [-0.1, -0.05) is 23.7 Å². The van der Waals surface area contributed by atoms with Crippen molar-refractivity contribution in [1.29, 1.82) is 0 Å². The van der Waals surface area contributed by atoms with E-state index in [2.05, 4.69) is 0 Å². The third kappa shape index (κ3) is 3.85. The Morgan fingerprint density at radius 1 is 0.966 bits per heavy atom. The van der Waals surface area contributed by atoms with Gasteiger partial charge in [-0.2, -0.15) is 0 Å². The van der Waals surface area contributed by atoms with Crippen molar-refractivity contribution < 1.29 is 27.8 Å². The summed E-state index contributed by atoms with van der Waals surface area (Å²) in [6.07, 6.45) is -0.757. The zero-order valence-electron chi connectivity index (χ0n) is 15.2. The van der Waals surface area contributed by atoms with Crippen LogP contribution in [0.3, 0.4) is 0 Å². The first kappa shape index (κ1) is 19.4. The predicted octanol–water partition coefficient (Wildman–Crippen LogP) is 2.74. The summed E-state index contributed by atoms with van der Waals surface area (Å²) in [5.74, 6) is -1.88. The van der Waals surface area contributed by atoms with Crippen LogP contribution in [0.1, 0.15) is 10.4 Å². The van der Waals surface area contributed by atoms with Gasteiger partial charge in [0.2, 0.25) is 6.10 Å². The number of hydrogen-bond donors (Lipinski definition) is 0. The lowest BCUT2D eigenvalue weighted by Crippen LogP contribution is -2.55. The lowest BCUT2D eigenvalue weighted by Gasteiger charge is -2.37. The van der Waals surface area contributed by atoms with E-state index in [4.69, 9.17) is 21.1 Å². The molecule has 2 aliphatic rings. The van der Waals surface area contributed by atoms with Crippen LogP contribution in [0.25, 0.3) is 0 Å². The molecule has 0 spiro atoms. The molecule has 1 saturated heterocycles. The molecular formula is C20H17ClF2N2O4. The minimum atomic E-state index is -1.14. The Bertz CT molecular complexity index is 963. The number of para-hydroxylation sites is 2. The average molecular weight is 423 g/mol. The number of rotatable bonds is 2. The number of halogens is 3. The molecule has 0 radical (unpaired) electrons. The van der Waals surface area contributed by atoms with Crippen molar-refractivity contribution in [2.75, 3.05) is 32.8 Å². The van der Waals surface area contributed by atoms with Crippen LogP contribution in [0.15, 0.2) is 36.4 Å². The lowest BCUT2D eigenvalue weighted by atomic mass is 10.1. The van der Waals surface area contributed by atoms with Gasteiger partial charge in [-0.3, -0.25) is 9.59 Å². The Labute approximate surface area is 170 Å². The van der Waals surface area contributed by atoms with Crippen LogP contribution in [0, 0.1) is 11.6 Å². The maximum atomic E-state index is 13.5. The first-order valence-corrected chi connectivity index (χ1v) is 9.43. The maximum absolute atomic E-state index is 13.5. The molecule has 0 N–H and O–H groups in total. The predicted molar refractivity (Wildman–Crippen MR) is 100 cm³/mol. The zero-order valence-corrected chi connectivity index (χ0v) is 16.0. The minimum Gasteiger partial charge on any atom is -0.485 e. The number of hydrogen-bond acceptors (Lipinski definition) is 4. The molecule has 0 aromatic heterocycles. The van der Waals surface area contributed by atoms with Crippen LogP contribution in [-0.4, -0.2) is 60.5 Å². The molecule has 6 nitrogen and oxygen atoms in total. The summed E-state index contributed by atoms with van der Waals surface area (Å²) >= 11 is 5.89. The van der Waals surface area contributed by atoms with Gasteiger partial charge >= 0.3 is 0 Å². The first-order chi connectivity index (χ1) is 13.9. The normalized spacial score (nSPS) is 18.5. The van der Waals surface area contributed by atoms with E-state index in [-0.39, 0.29) is 49.3 Å². The van der Waals surface area contributed by atoms with Gasteiger partial charge in [-0.05, 0) is 24.3 Å². The molecule has 1 fully saturated rings. The van der Waals surface area contributed by atoms with E-state index in [0.717, 1.165) is 12.1 Å². The van der Waals surface area contributed by atoms with E-state index in [9.17, 15) is 18.4 Å². The van der Waals surface area contributed by atoms with Crippen LogP contribution in [0.5, 0.6) is 11.5 Å². The van der Waals surface area contributed by atoms with Gasteiger partial charge in [-0.15, -0.1) is 0 Å². The Hall–Kier alpha value is -2.87. The fourth-order valence-corrected chi connectivity index (χ4v) is 3.56. The van der Waals surface area contributed by atoms with E-state index >= 15 is 0 Å². The number of carbonyl (C=O) groups is 2. The summed E-state index contributed by atoms with van der Waals surface area (Å²) in [7, 11) is 0. The quantitative estimate of drug-likeness (QED) is 0.698. The molecule has 0 unspecified atom stereocenters. The van der Waals surface area contributed by atoms with Crippen molar-refractivity contribution >= 4 is 23.4 Å². The number of piperazine rings is 1. The third-order valence-corrected chi connectivity index (χ3v) is 5.22. The average Bonchev–Trinajstić information content (AvgIpc) is 2.75. The van der Waals surface area contributed by atoms with Gasteiger partial charge in [-0.25, -0.2) is 8.78 Å². The van der Waals surface area contributed by atoms with Crippen LogP contribution >= 0.6 is 11.6 Å². The maximum Gasteiger partial charge on any atom is 0.267 e.